The summed E-state index contributed by atoms with van der Waals surface area (Å²) in [6.45, 7) is 10.5. The van der Waals surface area contributed by atoms with Crippen LogP contribution in [0.2, 0.25) is 0 Å². The third kappa shape index (κ3) is 4.86. The Morgan fingerprint density at radius 2 is 2.16 bits per heavy atom. The van der Waals surface area contributed by atoms with Crippen LogP contribution in [-0.2, 0) is 6.42 Å². The number of rotatable bonds is 7. The Bertz CT molecular complexity index is 358. The zero-order valence-corrected chi connectivity index (χ0v) is 13.1. The molecule has 0 spiro atoms. The first kappa shape index (κ1) is 14.9. The number of hydrogen-bond donors (Lipinski definition) is 1. The van der Waals surface area contributed by atoms with Gasteiger partial charge in [0, 0.05) is 18.0 Å². The van der Waals surface area contributed by atoms with Crippen molar-refractivity contribution in [1.29, 1.82) is 0 Å². The lowest BCUT2D eigenvalue weighted by Crippen LogP contribution is -2.37. The van der Waals surface area contributed by atoms with Crippen molar-refractivity contribution >= 4 is 11.3 Å². The molecular formula is C15H27N3S. The predicted molar refractivity (Wildman–Crippen MR) is 82.9 cm³/mol. The van der Waals surface area contributed by atoms with E-state index >= 15 is 0 Å². The molecule has 19 heavy (non-hydrogen) atoms. The van der Waals surface area contributed by atoms with Crippen molar-refractivity contribution in [3.63, 3.8) is 0 Å². The smallest absolute Gasteiger partial charge is 0.0797 e. The van der Waals surface area contributed by atoms with E-state index in [-0.39, 0.29) is 0 Å². The Balaban J connectivity index is 1.79. The van der Waals surface area contributed by atoms with Gasteiger partial charge in [-0.2, -0.15) is 0 Å². The number of nitrogens with zero attached hydrogens (tertiary/aromatic N) is 2. The Morgan fingerprint density at radius 1 is 1.37 bits per heavy atom. The standard InChI is InChI=1S/C15H27N3S/c1-3-9-18(11-14-4-7-16-8-5-14)10-6-15-13(2)17-12-19-15/h12,14,16H,3-11H2,1-2H3. The van der Waals surface area contributed by atoms with Crippen LogP contribution in [0.4, 0.5) is 0 Å². The highest BCUT2D eigenvalue weighted by Crippen LogP contribution is 2.16. The van der Waals surface area contributed by atoms with Gasteiger partial charge in [0.2, 0.25) is 0 Å². The molecule has 0 aromatic carbocycles. The number of nitrogens with one attached hydrogen (secondary N) is 1. The van der Waals surface area contributed by atoms with E-state index in [1.807, 2.05) is 16.8 Å². The second kappa shape index (κ2) is 7.98. The lowest BCUT2D eigenvalue weighted by Gasteiger charge is -2.29. The molecule has 4 heteroatoms. The van der Waals surface area contributed by atoms with Gasteiger partial charge in [0.1, 0.15) is 0 Å². The normalized spacial score (nSPS) is 17.2. The summed E-state index contributed by atoms with van der Waals surface area (Å²) in [5.74, 6) is 0.898. The molecule has 2 heterocycles. The number of hydrogen-bond acceptors (Lipinski definition) is 4. The average molecular weight is 281 g/mol. The van der Waals surface area contributed by atoms with Gasteiger partial charge in [0.25, 0.3) is 0 Å². The largest absolute Gasteiger partial charge is 0.317 e. The van der Waals surface area contributed by atoms with Gasteiger partial charge in [-0.3, -0.25) is 0 Å². The fourth-order valence-electron chi connectivity index (χ4n) is 2.87. The van der Waals surface area contributed by atoms with Gasteiger partial charge >= 0.3 is 0 Å². The highest BCUT2D eigenvalue weighted by Gasteiger charge is 2.16. The minimum absolute atomic E-state index is 0.898. The van der Waals surface area contributed by atoms with Crippen molar-refractivity contribution in [3.05, 3.63) is 16.1 Å². The van der Waals surface area contributed by atoms with Gasteiger partial charge in [-0.1, -0.05) is 6.92 Å². The Hall–Kier alpha value is -0.450. The molecule has 2 rings (SSSR count). The maximum absolute atomic E-state index is 4.35. The average Bonchev–Trinajstić information content (AvgIpc) is 2.83. The minimum Gasteiger partial charge on any atom is -0.317 e. The van der Waals surface area contributed by atoms with E-state index in [1.54, 1.807) is 0 Å². The van der Waals surface area contributed by atoms with Crippen molar-refractivity contribution in [2.45, 2.75) is 39.5 Å². The molecule has 0 unspecified atom stereocenters. The number of aromatic nitrogens is 1. The van der Waals surface area contributed by atoms with E-state index in [0.717, 1.165) is 5.92 Å². The van der Waals surface area contributed by atoms with Crippen molar-refractivity contribution in [1.82, 2.24) is 15.2 Å². The van der Waals surface area contributed by atoms with Crippen LogP contribution in [0.15, 0.2) is 5.51 Å². The van der Waals surface area contributed by atoms with Gasteiger partial charge in [0.05, 0.1) is 11.2 Å². The zero-order valence-electron chi connectivity index (χ0n) is 12.3. The first-order valence-electron chi connectivity index (χ1n) is 7.61. The molecule has 1 saturated heterocycles. The van der Waals surface area contributed by atoms with Crippen molar-refractivity contribution < 1.29 is 0 Å². The molecule has 108 valence electrons. The molecule has 1 aliphatic rings. The molecule has 0 radical (unpaired) electrons. The van der Waals surface area contributed by atoms with Crippen LogP contribution < -0.4 is 5.32 Å². The van der Waals surface area contributed by atoms with Crippen molar-refractivity contribution in [2.75, 3.05) is 32.7 Å². The van der Waals surface area contributed by atoms with Crippen LogP contribution in [0.1, 0.15) is 36.8 Å². The summed E-state index contributed by atoms with van der Waals surface area (Å²) in [6.07, 6.45) is 5.12. The molecule has 0 bridgehead atoms. The van der Waals surface area contributed by atoms with E-state index in [1.165, 1.54) is 69.0 Å². The Kier molecular flexibility index (Phi) is 6.28. The van der Waals surface area contributed by atoms with Gasteiger partial charge in [-0.25, -0.2) is 4.98 Å². The fraction of sp³-hybridized carbons (Fsp3) is 0.800. The minimum atomic E-state index is 0.898. The van der Waals surface area contributed by atoms with E-state index in [0.29, 0.717) is 0 Å². The zero-order chi connectivity index (χ0) is 13.5. The van der Waals surface area contributed by atoms with Crippen LogP contribution in [0.25, 0.3) is 0 Å². The van der Waals surface area contributed by atoms with Gasteiger partial charge in [-0.15, -0.1) is 11.3 Å². The van der Waals surface area contributed by atoms with Gasteiger partial charge in [0.15, 0.2) is 0 Å². The quantitative estimate of drug-likeness (QED) is 0.833. The molecule has 0 atom stereocenters. The summed E-state index contributed by atoms with van der Waals surface area (Å²) in [6, 6.07) is 0. The molecular weight excluding hydrogens is 254 g/mol. The lowest BCUT2D eigenvalue weighted by molar-refractivity contribution is 0.208. The Labute approximate surface area is 121 Å². The van der Waals surface area contributed by atoms with E-state index in [2.05, 4.69) is 29.0 Å². The van der Waals surface area contributed by atoms with Crippen LogP contribution in [0, 0.1) is 12.8 Å². The molecule has 0 saturated carbocycles. The topological polar surface area (TPSA) is 28.2 Å². The molecule has 1 aliphatic heterocycles. The number of thiazole rings is 1. The van der Waals surface area contributed by atoms with Gasteiger partial charge in [-0.05, 0) is 58.2 Å². The molecule has 3 nitrogen and oxygen atoms in total. The molecule has 1 aromatic rings. The molecule has 1 N–H and O–H groups in total. The molecule has 1 fully saturated rings. The highest BCUT2D eigenvalue weighted by atomic mass is 32.1. The monoisotopic (exact) mass is 281 g/mol. The van der Waals surface area contributed by atoms with E-state index in [9.17, 15) is 0 Å². The second-order valence-corrected chi connectivity index (χ2v) is 6.54. The number of aryl methyl sites for hydroxylation is 1. The van der Waals surface area contributed by atoms with Crippen LogP contribution in [0.5, 0.6) is 0 Å². The summed E-state index contributed by atoms with van der Waals surface area (Å²) in [5.41, 5.74) is 3.20. The fourth-order valence-corrected chi connectivity index (χ4v) is 3.64. The summed E-state index contributed by atoms with van der Waals surface area (Å²) < 4.78 is 0. The van der Waals surface area contributed by atoms with E-state index < -0.39 is 0 Å². The van der Waals surface area contributed by atoms with Crippen molar-refractivity contribution in [3.8, 4) is 0 Å². The molecule has 0 aliphatic carbocycles. The first-order chi connectivity index (χ1) is 9.29. The maximum Gasteiger partial charge on any atom is 0.0797 e. The number of piperidine rings is 1. The molecule has 1 aromatic heterocycles. The first-order valence-corrected chi connectivity index (χ1v) is 8.49. The third-order valence-corrected chi connectivity index (χ3v) is 5.01. The lowest BCUT2D eigenvalue weighted by atomic mass is 9.97. The summed E-state index contributed by atoms with van der Waals surface area (Å²) in [5, 5.41) is 3.46. The summed E-state index contributed by atoms with van der Waals surface area (Å²) in [7, 11) is 0. The maximum atomic E-state index is 4.35. The van der Waals surface area contributed by atoms with Crippen molar-refractivity contribution in [2.24, 2.45) is 5.92 Å². The summed E-state index contributed by atoms with van der Waals surface area (Å²) >= 11 is 1.81. The SMILES string of the molecule is CCCN(CCc1scnc1C)CC1CCNCC1. The highest BCUT2D eigenvalue weighted by molar-refractivity contribution is 7.09. The van der Waals surface area contributed by atoms with Crippen LogP contribution in [0.3, 0.4) is 0 Å². The Morgan fingerprint density at radius 3 is 2.79 bits per heavy atom. The second-order valence-electron chi connectivity index (χ2n) is 5.60. The third-order valence-electron chi connectivity index (χ3n) is 4.01. The van der Waals surface area contributed by atoms with Crippen LogP contribution >= 0.6 is 11.3 Å². The van der Waals surface area contributed by atoms with Crippen LogP contribution in [-0.4, -0.2) is 42.6 Å². The molecule has 0 amide bonds. The van der Waals surface area contributed by atoms with Gasteiger partial charge < -0.3 is 10.2 Å². The summed E-state index contributed by atoms with van der Waals surface area (Å²) in [4.78, 5) is 8.47. The van der Waals surface area contributed by atoms with E-state index in [4.69, 9.17) is 0 Å². The predicted octanol–water partition coefficient (Wildman–Crippen LogP) is 2.71.